The van der Waals surface area contributed by atoms with Crippen molar-refractivity contribution in [3.05, 3.63) is 0 Å². The quantitative estimate of drug-likeness (QED) is 0.816. The lowest BCUT2D eigenvalue weighted by atomic mass is 9.99. The third kappa shape index (κ3) is 3.37. The van der Waals surface area contributed by atoms with Crippen molar-refractivity contribution in [1.29, 1.82) is 0 Å². The minimum absolute atomic E-state index is 0.000741. The highest BCUT2D eigenvalue weighted by atomic mass is 32.3. The summed E-state index contributed by atoms with van der Waals surface area (Å²) in [4.78, 5) is 27.0. The molecule has 3 atom stereocenters. The predicted molar refractivity (Wildman–Crippen MR) is 88.5 cm³/mol. The fourth-order valence-corrected chi connectivity index (χ4v) is 6.20. The van der Waals surface area contributed by atoms with Crippen LogP contribution >= 0.6 is 10.0 Å². The van der Waals surface area contributed by atoms with Crippen LogP contribution in [0, 0.1) is 0 Å². The number of hydrogen-bond acceptors (Lipinski definition) is 3. The second kappa shape index (κ2) is 6.57. The molecular formula is C15H29N3O2S. The van der Waals surface area contributed by atoms with Gasteiger partial charge in [0.15, 0.2) is 0 Å². The van der Waals surface area contributed by atoms with E-state index in [1.54, 1.807) is 0 Å². The van der Waals surface area contributed by atoms with E-state index in [4.69, 9.17) is 5.73 Å². The Morgan fingerprint density at radius 1 is 1.38 bits per heavy atom. The van der Waals surface area contributed by atoms with Gasteiger partial charge in [-0.05, 0) is 50.4 Å². The third-order valence-electron chi connectivity index (χ3n) is 4.69. The molecule has 3 N–H and O–H groups in total. The summed E-state index contributed by atoms with van der Waals surface area (Å²) in [6, 6.07) is -0.764. The van der Waals surface area contributed by atoms with Crippen LogP contribution in [0.15, 0.2) is 0 Å². The van der Waals surface area contributed by atoms with Crippen molar-refractivity contribution >= 4 is 21.8 Å². The van der Waals surface area contributed by atoms with E-state index in [-0.39, 0.29) is 23.2 Å². The van der Waals surface area contributed by atoms with Gasteiger partial charge in [0.05, 0.1) is 11.4 Å². The molecule has 3 unspecified atom stereocenters. The van der Waals surface area contributed by atoms with Crippen molar-refractivity contribution in [2.75, 3.05) is 24.8 Å². The Labute approximate surface area is 129 Å². The highest BCUT2D eigenvalue weighted by Gasteiger charge is 2.46. The molecule has 2 aliphatic heterocycles. The molecule has 2 fully saturated rings. The fraction of sp³-hybridized carbons (Fsp3) is 0.867. The highest BCUT2D eigenvalue weighted by Crippen LogP contribution is 2.53. The van der Waals surface area contributed by atoms with E-state index in [1.807, 2.05) is 11.8 Å². The van der Waals surface area contributed by atoms with E-state index in [0.717, 1.165) is 37.9 Å². The molecule has 2 saturated heterocycles. The Balaban J connectivity index is 2.27. The number of fused-ring (bicyclic) bond motifs is 1. The molecule has 2 amide bonds. The van der Waals surface area contributed by atoms with E-state index in [2.05, 4.69) is 17.8 Å². The van der Waals surface area contributed by atoms with E-state index in [9.17, 15) is 9.59 Å². The van der Waals surface area contributed by atoms with Crippen LogP contribution in [0.4, 0.5) is 0 Å². The number of hydrogen-bond donors (Lipinski definition) is 2. The van der Waals surface area contributed by atoms with E-state index >= 15 is 0 Å². The summed E-state index contributed by atoms with van der Waals surface area (Å²) in [5.41, 5.74) is 6.06. The molecule has 5 nitrogen and oxygen atoms in total. The average molecular weight is 315 g/mol. The van der Waals surface area contributed by atoms with Crippen LogP contribution in [-0.2, 0) is 9.59 Å². The average Bonchev–Trinajstić information content (AvgIpc) is 2.56. The van der Waals surface area contributed by atoms with Crippen LogP contribution in [0.3, 0.4) is 0 Å². The smallest absolute Gasteiger partial charge is 0.242 e. The molecule has 0 radical (unpaired) electrons. The summed E-state index contributed by atoms with van der Waals surface area (Å²) >= 11 is 0. The first-order chi connectivity index (χ1) is 9.88. The molecule has 0 aromatic rings. The molecule has 0 bridgehead atoms. The molecule has 6 heteroatoms. The summed E-state index contributed by atoms with van der Waals surface area (Å²) in [6.07, 6.45) is 9.01. The van der Waals surface area contributed by atoms with Crippen LogP contribution in [-0.4, -0.2) is 59.0 Å². The minimum atomic E-state index is -0.928. The molecule has 0 aromatic heterocycles. The molecule has 0 aliphatic carbocycles. The standard InChI is InChI=1S/C15H29N3O2S/c1-4-9-17-14(19)12-6-5-7-13-18(12)15(20)11(16)8-10-21(13,2)3/h11-13H,4-10,16H2,1-3H3,(H,17,19). The van der Waals surface area contributed by atoms with Gasteiger partial charge < -0.3 is 16.0 Å². The highest BCUT2D eigenvalue weighted by molar-refractivity contribution is 8.33. The van der Waals surface area contributed by atoms with Gasteiger partial charge in [-0.3, -0.25) is 9.59 Å². The number of nitrogens with one attached hydrogen (secondary N) is 1. The lowest BCUT2D eigenvalue weighted by Gasteiger charge is -2.49. The molecular weight excluding hydrogens is 286 g/mol. The van der Waals surface area contributed by atoms with Gasteiger partial charge in [0.2, 0.25) is 11.8 Å². The number of rotatable bonds is 3. The monoisotopic (exact) mass is 315 g/mol. The number of carbonyl (C=O) groups is 2. The first-order valence-electron chi connectivity index (χ1n) is 7.94. The zero-order valence-corrected chi connectivity index (χ0v) is 14.2. The van der Waals surface area contributed by atoms with Gasteiger partial charge in [-0.2, -0.15) is 0 Å². The maximum absolute atomic E-state index is 12.7. The summed E-state index contributed by atoms with van der Waals surface area (Å²) in [5.74, 6) is 0.998. The molecule has 2 aliphatic rings. The van der Waals surface area contributed by atoms with Crippen LogP contribution < -0.4 is 11.1 Å². The summed E-state index contributed by atoms with van der Waals surface area (Å²) in [7, 11) is -0.928. The van der Waals surface area contributed by atoms with Crippen molar-refractivity contribution in [1.82, 2.24) is 10.2 Å². The minimum Gasteiger partial charge on any atom is -0.354 e. The van der Waals surface area contributed by atoms with Crippen molar-refractivity contribution in [2.45, 2.75) is 56.5 Å². The lowest BCUT2D eigenvalue weighted by Crippen LogP contribution is -2.59. The maximum atomic E-state index is 12.7. The van der Waals surface area contributed by atoms with Gasteiger partial charge >= 0.3 is 0 Å². The Bertz CT molecular complexity index is 414. The van der Waals surface area contributed by atoms with Crippen LogP contribution in [0.25, 0.3) is 0 Å². The van der Waals surface area contributed by atoms with E-state index in [0.29, 0.717) is 6.54 Å². The molecule has 2 heterocycles. The van der Waals surface area contributed by atoms with Gasteiger partial charge in [-0.1, -0.05) is 6.92 Å². The van der Waals surface area contributed by atoms with E-state index in [1.165, 1.54) is 0 Å². The molecule has 0 spiro atoms. The van der Waals surface area contributed by atoms with Gasteiger partial charge in [0.1, 0.15) is 6.04 Å². The lowest BCUT2D eigenvalue weighted by molar-refractivity contribution is -0.144. The predicted octanol–water partition coefficient (Wildman–Crippen LogP) is 1.02. The number of carbonyl (C=O) groups excluding carboxylic acids is 2. The molecule has 0 saturated carbocycles. The van der Waals surface area contributed by atoms with Crippen molar-refractivity contribution in [2.24, 2.45) is 5.73 Å². The Hall–Kier alpha value is -0.750. The summed E-state index contributed by atoms with van der Waals surface area (Å²) in [5, 5.41) is 3.17. The molecule has 0 aromatic carbocycles. The second-order valence-electron chi connectivity index (χ2n) is 6.66. The van der Waals surface area contributed by atoms with Crippen LogP contribution in [0.2, 0.25) is 0 Å². The number of nitrogens with two attached hydrogens (primary N) is 1. The van der Waals surface area contributed by atoms with Gasteiger partial charge in [-0.25, -0.2) is 10.0 Å². The Morgan fingerprint density at radius 3 is 2.76 bits per heavy atom. The summed E-state index contributed by atoms with van der Waals surface area (Å²) in [6.45, 7) is 2.70. The molecule has 122 valence electrons. The zero-order valence-electron chi connectivity index (χ0n) is 13.4. The normalized spacial score (nSPS) is 33.8. The largest absolute Gasteiger partial charge is 0.354 e. The topological polar surface area (TPSA) is 75.4 Å². The van der Waals surface area contributed by atoms with Gasteiger partial charge in [0.25, 0.3) is 0 Å². The first kappa shape index (κ1) is 16.6. The van der Waals surface area contributed by atoms with Crippen molar-refractivity contribution < 1.29 is 9.59 Å². The van der Waals surface area contributed by atoms with Crippen LogP contribution in [0.1, 0.15) is 39.0 Å². The van der Waals surface area contributed by atoms with Gasteiger partial charge in [-0.15, -0.1) is 0 Å². The van der Waals surface area contributed by atoms with Gasteiger partial charge in [0, 0.05) is 6.54 Å². The first-order valence-corrected chi connectivity index (χ1v) is 10.6. The number of nitrogens with zero attached hydrogens (tertiary/aromatic N) is 1. The SMILES string of the molecule is CCCNC(=O)C1CCCC2N1C(=O)C(N)CCS2(C)C. The number of piperidine rings is 1. The second-order valence-corrected chi connectivity index (χ2v) is 10.9. The fourth-order valence-electron chi connectivity index (χ4n) is 3.39. The Kier molecular flexibility index (Phi) is 5.20. The third-order valence-corrected chi connectivity index (χ3v) is 7.91. The number of amides is 2. The van der Waals surface area contributed by atoms with E-state index < -0.39 is 16.1 Å². The molecule has 2 rings (SSSR count). The Morgan fingerprint density at radius 2 is 2.10 bits per heavy atom. The van der Waals surface area contributed by atoms with Crippen molar-refractivity contribution in [3.63, 3.8) is 0 Å². The van der Waals surface area contributed by atoms with Crippen LogP contribution in [0.5, 0.6) is 0 Å². The molecule has 21 heavy (non-hydrogen) atoms. The summed E-state index contributed by atoms with van der Waals surface area (Å²) < 4.78 is 0. The maximum Gasteiger partial charge on any atom is 0.242 e. The van der Waals surface area contributed by atoms with Crippen molar-refractivity contribution in [3.8, 4) is 0 Å². The zero-order chi connectivity index (χ0) is 15.6.